The normalized spacial score (nSPS) is 19.9. The van der Waals surface area contributed by atoms with E-state index >= 15 is 0 Å². The third-order valence-corrected chi connectivity index (χ3v) is 6.07. The van der Waals surface area contributed by atoms with Crippen LogP contribution >= 0.6 is 0 Å². The molecule has 2 unspecified atom stereocenters. The van der Waals surface area contributed by atoms with Gasteiger partial charge in [0.2, 0.25) is 11.8 Å². The largest absolute Gasteiger partial charge is 0.442 e. The number of nitrogens with one attached hydrogen (secondary N) is 1. The monoisotopic (exact) mass is 469 g/mol. The molecule has 8 nitrogen and oxygen atoms in total. The van der Waals surface area contributed by atoms with Gasteiger partial charge in [0, 0.05) is 25.9 Å². The van der Waals surface area contributed by atoms with Gasteiger partial charge < -0.3 is 19.7 Å². The maximum Gasteiger partial charge on any atom is 0.414 e. The molecule has 2 saturated heterocycles. The number of carbonyl (C=O) groups excluding carboxylic acids is 3. The average Bonchev–Trinajstić information content (AvgIpc) is 3.45. The Kier molecular flexibility index (Phi) is 7.42. The summed E-state index contributed by atoms with van der Waals surface area (Å²) in [6, 6.07) is 14.3. The molecule has 0 aromatic heterocycles. The van der Waals surface area contributed by atoms with E-state index in [9.17, 15) is 18.8 Å². The predicted octanol–water partition coefficient (Wildman–Crippen LogP) is 2.82. The zero-order valence-corrected chi connectivity index (χ0v) is 19.0. The number of hydrogen-bond donors (Lipinski definition) is 1. The van der Waals surface area contributed by atoms with Crippen LogP contribution in [0.2, 0.25) is 0 Å². The molecule has 0 spiro atoms. The lowest BCUT2D eigenvalue weighted by Crippen LogP contribution is -2.33. The Morgan fingerprint density at radius 2 is 1.97 bits per heavy atom. The van der Waals surface area contributed by atoms with Crippen LogP contribution < -0.4 is 10.2 Å². The summed E-state index contributed by atoms with van der Waals surface area (Å²) < 4.78 is 25.8. The highest BCUT2D eigenvalue weighted by atomic mass is 19.1. The third kappa shape index (κ3) is 5.72. The van der Waals surface area contributed by atoms with E-state index in [2.05, 4.69) is 5.32 Å². The zero-order valence-electron chi connectivity index (χ0n) is 19.0. The number of halogens is 1. The van der Waals surface area contributed by atoms with Crippen LogP contribution in [0.15, 0.2) is 48.5 Å². The number of ether oxygens (including phenoxy) is 2. The maximum absolute atomic E-state index is 15.0. The molecule has 1 N–H and O–H groups in total. The van der Waals surface area contributed by atoms with Gasteiger partial charge in [0.15, 0.2) is 0 Å². The number of rotatable bonds is 8. The number of anilines is 1. The van der Waals surface area contributed by atoms with Crippen molar-refractivity contribution in [3.8, 4) is 0 Å². The van der Waals surface area contributed by atoms with E-state index in [0.29, 0.717) is 37.4 Å². The molecule has 0 radical (unpaired) electrons. The van der Waals surface area contributed by atoms with Crippen LogP contribution in [0.5, 0.6) is 0 Å². The first-order chi connectivity index (χ1) is 16.4. The fraction of sp³-hybridized carbons (Fsp3) is 0.400. The summed E-state index contributed by atoms with van der Waals surface area (Å²) in [5, 5.41) is 2.61. The van der Waals surface area contributed by atoms with E-state index in [-0.39, 0.29) is 37.4 Å². The van der Waals surface area contributed by atoms with Gasteiger partial charge in [-0.05, 0) is 29.7 Å². The lowest BCUT2D eigenvalue weighted by molar-refractivity contribution is -0.135. The Morgan fingerprint density at radius 1 is 1.18 bits per heavy atom. The van der Waals surface area contributed by atoms with Crippen LogP contribution in [0.4, 0.5) is 14.9 Å². The van der Waals surface area contributed by atoms with Crippen LogP contribution in [-0.4, -0.2) is 61.7 Å². The second-order valence-electron chi connectivity index (χ2n) is 8.56. The second-order valence-corrected chi connectivity index (χ2v) is 8.56. The topological polar surface area (TPSA) is 88.2 Å². The Balaban J connectivity index is 1.30. The SMILES string of the molecule is CC(=O)NCC1CN(c2ccc(C3CCN(C(=O)COCc4ccccc4)C3)c(F)c2)C(=O)O1. The quantitative estimate of drug-likeness (QED) is 0.643. The van der Waals surface area contributed by atoms with Crippen LogP contribution in [0, 0.1) is 5.82 Å². The van der Waals surface area contributed by atoms with Crippen molar-refractivity contribution in [1.29, 1.82) is 0 Å². The highest BCUT2D eigenvalue weighted by Crippen LogP contribution is 2.32. The molecule has 2 heterocycles. The minimum Gasteiger partial charge on any atom is -0.442 e. The summed E-state index contributed by atoms with van der Waals surface area (Å²) in [5.41, 5.74) is 1.92. The van der Waals surface area contributed by atoms with Crippen LogP contribution in [0.3, 0.4) is 0 Å². The van der Waals surface area contributed by atoms with Crippen molar-refractivity contribution in [2.45, 2.75) is 32.0 Å². The van der Waals surface area contributed by atoms with E-state index in [1.807, 2.05) is 30.3 Å². The molecule has 2 aromatic carbocycles. The Morgan fingerprint density at radius 3 is 2.71 bits per heavy atom. The van der Waals surface area contributed by atoms with Gasteiger partial charge in [0.25, 0.3) is 0 Å². The molecule has 2 aliphatic rings. The highest BCUT2D eigenvalue weighted by Gasteiger charge is 2.34. The molecule has 34 heavy (non-hydrogen) atoms. The maximum atomic E-state index is 15.0. The highest BCUT2D eigenvalue weighted by molar-refractivity contribution is 5.89. The minimum absolute atomic E-state index is 0.0141. The number of amides is 3. The van der Waals surface area contributed by atoms with Gasteiger partial charge in [-0.25, -0.2) is 9.18 Å². The number of hydrogen-bond acceptors (Lipinski definition) is 5. The van der Waals surface area contributed by atoms with E-state index in [0.717, 1.165) is 5.56 Å². The van der Waals surface area contributed by atoms with Crippen LogP contribution in [0.25, 0.3) is 0 Å². The van der Waals surface area contributed by atoms with Gasteiger partial charge in [-0.3, -0.25) is 14.5 Å². The van der Waals surface area contributed by atoms with Gasteiger partial charge in [0.05, 0.1) is 25.4 Å². The van der Waals surface area contributed by atoms with Crippen LogP contribution in [0.1, 0.15) is 30.4 Å². The second kappa shape index (κ2) is 10.6. The molecule has 2 aromatic rings. The van der Waals surface area contributed by atoms with E-state index in [1.54, 1.807) is 17.0 Å². The molecule has 0 aliphatic carbocycles. The lowest BCUT2D eigenvalue weighted by Gasteiger charge is -2.18. The smallest absolute Gasteiger partial charge is 0.414 e. The van der Waals surface area contributed by atoms with Gasteiger partial charge >= 0.3 is 6.09 Å². The standard InChI is InChI=1S/C25H28FN3O5/c1-17(30)27-12-21-14-29(25(32)34-21)20-7-8-22(23(26)11-20)19-9-10-28(13-19)24(31)16-33-15-18-5-3-2-4-6-18/h2-8,11,19,21H,9-10,12-16H2,1H3,(H,27,30). The van der Waals surface area contributed by atoms with Gasteiger partial charge in [0.1, 0.15) is 18.5 Å². The van der Waals surface area contributed by atoms with Crippen molar-refractivity contribution in [2.75, 3.05) is 37.7 Å². The Hall–Kier alpha value is -3.46. The summed E-state index contributed by atoms with van der Waals surface area (Å²) in [6.45, 7) is 3.14. The summed E-state index contributed by atoms with van der Waals surface area (Å²) in [6.07, 6.45) is -0.404. The van der Waals surface area contributed by atoms with E-state index in [4.69, 9.17) is 9.47 Å². The van der Waals surface area contributed by atoms with Crippen molar-refractivity contribution in [2.24, 2.45) is 0 Å². The molecule has 0 bridgehead atoms. The fourth-order valence-electron chi connectivity index (χ4n) is 4.27. The lowest BCUT2D eigenvalue weighted by atomic mass is 9.97. The van der Waals surface area contributed by atoms with Gasteiger partial charge in [-0.2, -0.15) is 0 Å². The number of nitrogens with zero attached hydrogens (tertiary/aromatic N) is 2. The molecule has 3 amide bonds. The summed E-state index contributed by atoms with van der Waals surface area (Å²) in [7, 11) is 0. The number of carbonyl (C=O) groups is 3. The molecular weight excluding hydrogens is 441 g/mol. The fourth-order valence-corrected chi connectivity index (χ4v) is 4.27. The molecule has 4 rings (SSSR count). The van der Waals surface area contributed by atoms with Crippen molar-refractivity contribution >= 4 is 23.6 Å². The average molecular weight is 470 g/mol. The molecule has 180 valence electrons. The van der Waals surface area contributed by atoms with Crippen molar-refractivity contribution in [3.63, 3.8) is 0 Å². The first kappa shape index (κ1) is 23.7. The minimum atomic E-state index is -0.573. The number of likely N-dealkylation sites (tertiary alicyclic amines) is 1. The summed E-state index contributed by atoms with van der Waals surface area (Å²) >= 11 is 0. The van der Waals surface area contributed by atoms with Crippen molar-refractivity contribution < 1.29 is 28.2 Å². The Bertz CT molecular complexity index is 1050. The molecule has 0 saturated carbocycles. The predicted molar refractivity (Wildman–Crippen MR) is 123 cm³/mol. The summed E-state index contributed by atoms with van der Waals surface area (Å²) in [5.74, 6) is -0.863. The van der Waals surface area contributed by atoms with E-state index < -0.39 is 18.0 Å². The van der Waals surface area contributed by atoms with Gasteiger partial charge in [-0.1, -0.05) is 36.4 Å². The molecule has 2 fully saturated rings. The first-order valence-electron chi connectivity index (χ1n) is 11.3. The van der Waals surface area contributed by atoms with Gasteiger partial charge in [-0.15, -0.1) is 0 Å². The molecule has 2 atom stereocenters. The first-order valence-corrected chi connectivity index (χ1v) is 11.3. The third-order valence-electron chi connectivity index (χ3n) is 6.07. The zero-order chi connectivity index (χ0) is 24.1. The Labute approximate surface area is 197 Å². The summed E-state index contributed by atoms with van der Waals surface area (Å²) in [4.78, 5) is 38.8. The number of benzene rings is 2. The molecule has 9 heteroatoms. The van der Waals surface area contributed by atoms with Crippen molar-refractivity contribution in [1.82, 2.24) is 10.2 Å². The van der Waals surface area contributed by atoms with Crippen LogP contribution in [-0.2, 0) is 25.7 Å². The van der Waals surface area contributed by atoms with E-state index in [1.165, 1.54) is 17.9 Å². The number of cyclic esters (lactones) is 1. The molecule has 2 aliphatic heterocycles. The molecular formula is C25H28FN3O5. The van der Waals surface area contributed by atoms with Crippen molar-refractivity contribution in [3.05, 3.63) is 65.5 Å².